The summed E-state index contributed by atoms with van der Waals surface area (Å²) in [5, 5.41) is 0. The maximum Gasteiger partial charge on any atom is 0.196 e. The monoisotopic (exact) mass is 277 g/mol. The number of benzene rings is 1. The van der Waals surface area contributed by atoms with Crippen molar-refractivity contribution in [3.63, 3.8) is 0 Å². The minimum atomic E-state index is -0.654. The summed E-state index contributed by atoms with van der Waals surface area (Å²) in [6.45, 7) is 10.8. The van der Waals surface area contributed by atoms with E-state index in [9.17, 15) is 0 Å². The van der Waals surface area contributed by atoms with Gasteiger partial charge in [-0.3, -0.25) is 0 Å². The van der Waals surface area contributed by atoms with Crippen LogP contribution in [0.25, 0.3) is 0 Å². The van der Waals surface area contributed by atoms with Crippen molar-refractivity contribution in [2.24, 2.45) is 5.73 Å². The van der Waals surface area contributed by atoms with Gasteiger partial charge in [0.25, 0.3) is 0 Å². The molecule has 0 aromatic heterocycles. The van der Waals surface area contributed by atoms with Crippen molar-refractivity contribution >= 4 is 0 Å². The average Bonchev–Trinajstić information content (AvgIpc) is 2.39. The van der Waals surface area contributed by atoms with Crippen LogP contribution in [0.5, 0.6) is 0 Å². The van der Waals surface area contributed by atoms with Crippen LogP contribution in [-0.2, 0) is 20.7 Å². The summed E-state index contributed by atoms with van der Waals surface area (Å²) in [5.41, 5.74) is 9.54. The summed E-state index contributed by atoms with van der Waals surface area (Å²) in [4.78, 5) is 0. The molecular weight excluding hydrogens is 250 g/mol. The van der Waals surface area contributed by atoms with Crippen LogP contribution in [0.2, 0.25) is 0 Å². The van der Waals surface area contributed by atoms with E-state index in [0.717, 1.165) is 25.2 Å². The Hall–Kier alpha value is -0.900. The number of hydrogen-bond donors (Lipinski definition) is 1. The normalized spacial score (nSPS) is 19.1. The third kappa shape index (κ3) is 3.05. The van der Waals surface area contributed by atoms with Gasteiger partial charge in [0.15, 0.2) is 5.79 Å². The first-order valence-corrected chi connectivity index (χ1v) is 7.49. The third-order valence-electron chi connectivity index (χ3n) is 3.95. The van der Waals surface area contributed by atoms with Crippen molar-refractivity contribution in [3.8, 4) is 0 Å². The van der Waals surface area contributed by atoms with Gasteiger partial charge in [-0.05, 0) is 42.5 Å². The number of rotatable bonds is 3. The van der Waals surface area contributed by atoms with Crippen molar-refractivity contribution in [3.05, 3.63) is 34.9 Å². The highest BCUT2D eigenvalue weighted by Crippen LogP contribution is 2.37. The van der Waals surface area contributed by atoms with E-state index in [0.29, 0.717) is 13.0 Å². The highest BCUT2D eigenvalue weighted by atomic mass is 16.7. The molecule has 2 rings (SSSR count). The van der Waals surface area contributed by atoms with Crippen LogP contribution >= 0.6 is 0 Å². The lowest BCUT2D eigenvalue weighted by Crippen LogP contribution is -2.40. The molecule has 0 atom stereocenters. The molecule has 1 saturated heterocycles. The number of hydrogen-bond acceptors (Lipinski definition) is 3. The summed E-state index contributed by atoms with van der Waals surface area (Å²) < 4.78 is 12.1. The predicted octanol–water partition coefficient (Wildman–Crippen LogP) is 3.23. The van der Waals surface area contributed by atoms with E-state index in [4.69, 9.17) is 15.2 Å². The van der Waals surface area contributed by atoms with Gasteiger partial charge in [0.1, 0.15) is 0 Å². The largest absolute Gasteiger partial charge is 0.346 e. The Morgan fingerprint density at radius 3 is 2.40 bits per heavy atom. The Kier molecular flexibility index (Phi) is 4.52. The molecule has 0 radical (unpaired) electrons. The lowest BCUT2D eigenvalue weighted by molar-refractivity contribution is -0.278. The van der Waals surface area contributed by atoms with Crippen molar-refractivity contribution in [2.75, 3.05) is 19.8 Å². The molecule has 20 heavy (non-hydrogen) atoms. The topological polar surface area (TPSA) is 44.5 Å². The summed E-state index contributed by atoms with van der Waals surface area (Å²) in [5.74, 6) is -0.654. The van der Waals surface area contributed by atoms with E-state index in [1.54, 1.807) is 0 Å². The van der Waals surface area contributed by atoms with Gasteiger partial charge < -0.3 is 15.2 Å². The molecule has 1 heterocycles. The molecule has 3 nitrogen and oxygen atoms in total. The summed E-state index contributed by atoms with van der Waals surface area (Å²) in [6, 6.07) is 6.59. The van der Waals surface area contributed by atoms with E-state index in [2.05, 4.69) is 45.9 Å². The predicted molar refractivity (Wildman–Crippen MR) is 81.7 cm³/mol. The molecule has 0 bridgehead atoms. The van der Waals surface area contributed by atoms with Gasteiger partial charge in [0.05, 0.1) is 13.2 Å². The molecule has 0 amide bonds. The summed E-state index contributed by atoms with van der Waals surface area (Å²) in [7, 11) is 0. The van der Waals surface area contributed by atoms with E-state index >= 15 is 0 Å². The number of nitrogens with two attached hydrogens (primary N) is 1. The first kappa shape index (κ1) is 15.5. The average molecular weight is 277 g/mol. The van der Waals surface area contributed by atoms with E-state index < -0.39 is 5.79 Å². The minimum absolute atomic E-state index is 0.112. The number of aryl methyl sites for hydroxylation is 1. The summed E-state index contributed by atoms with van der Waals surface area (Å²) in [6.07, 6.45) is 1.64. The smallest absolute Gasteiger partial charge is 0.196 e. The van der Waals surface area contributed by atoms with Crippen molar-refractivity contribution in [1.82, 2.24) is 0 Å². The van der Waals surface area contributed by atoms with Gasteiger partial charge in [-0.25, -0.2) is 0 Å². The molecule has 112 valence electrons. The van der Waals surface area contributed by atoms with Crippen LogP contribution in [-0.4, -0.2) is 19.8 Å². The fourth-order valence-electron chi connectivity index (χ4n) is 2.70. The fraction of sp³-hybridized carbons (Fsp3) is 0.647. The standard InChI is InChI=1S/C17H27NO2/c1-13-6-7-14(16(2,3)4)12-15(13)17(8-9-18)19-10-5-11-20-17/h6-7,12H,5,8-11,18H2,1-4H3. The summed E-state index contributed by atoms with van der Waals surface area (Å²) >= 11 is 0. The molecular formula is C17H27NO2. The molecule has 3 heteroatoms. The second-order valence-electron chi connectivity index (χ2n) is 6.62. The van der Waals surface area contributed by atoms with Crippen LogP contribution in [0.4, 0.5) is 0 Å². The molecule has 0 saturated carbocycles. The quantitative estimate of drug-likeness (QED) is 0.922. The molecule has 1 aliphatic heterocycles. The zero-order chi connectivity index (χ0) is 14.8. The lowest BCUT2D eigenvalue weighted by atomic mass is 9.83. The zero-order valence-electron chi connectivity index (χ0n) is 13.2. The molecule has 1 fully saturated rings. The molecule has 1 aliphatic rings. The third-order valence-corrected chi connectivity index (χ3v) is 3.95. The minimum Gasteiger partial charge on any atom is -0.346 e. The van der Waals surface area contributed by atoms with E-state index in [1.165, 1.54) is 11.1 Å². The zero-order valence-corrected chi connectivity index (χ0v) is 13.2. The molecule has 0 aliphatic carbocycles. The molecule has 0 unspecified atom stereocenters. The second-order valence-corrected chi connectivity index (χ2v) is 6.62. The van der Waals surface area contributed by atoms with Crippen molar-refractivity contribution < 1.29 is 9.47 Å². The fourth-order valence-corrected chi connectivity index (χ4v) is 2.70. The van der Waals surface area contributed by atoms with Gasteiger partial charge >= 0.3 is 0 Å². The van der Waals surface area contributed by atoms with Crippen LogP contribution < -0.4 is 5.73 Å². The van der Waals surface area contributed by atoms with Crippen LogP contribution in [0, 0.1) is 6.92 Å². The molecule has 1 aromatic carbocycles. The Morgan fingerprint density at radius 1 is 1.20 bits per heavy atom. The first-order chi connectivity index (χ1) is 9.39. The Labute approximate surface area is 122 Å². The van der Waals surface area contributed by atoms with E-state index in [-0.39, 0.29) is 5.41 Å². The number of ether oxygens (including phenoxy) is 2. The van der Waals surface area contributed by atoms with Crippen molar-refractivity contribution in [1.29, 1.82) is 0 Å². The molecule has 1 aromatic rings. The van der Waals surface area contributed by atoms with Crippen LogP contribution in [0.3, 0.4) is 0 Å². The SMILES string of the molecule is Cc1ccc(C(C)(C)C)cc1C1(CCN)OCCCO1. The maximum atomic E-state index is 6.04. The van der Waals surface area contributed by atoms with Gasteiger partial charge in [0.2, 0.25) is 0 Å². The highest BCUT2D eigenvalue weighted by Gasteiger charge is 2.37. The Bertz CT molecular complexity index is 451. The Morgan fingerprint density at radius 2 is 1.85 bits per heavy atom. The van der Waals surface area contributed by atoms with Gasteiger partial charge in [-0.15, -0.1) is 0 Å². The van der Waals surface area contributed by atoms with Gasteiger partial charge in [-0.1, -0.05) is 32.9 Å². The molecule has 0 spiro atoms. The van der Waals surface area contributed by atoms with Gasteiger partial charge in [-0.2, -0.15) is 0 Å². The first-order valence-electron chi connectivity index (χ1n) is 7.49. The second kappa shape index (κ2) is 5.84. The van der Waals surface area contributed by atoms with Crippen LogP contribution in [0.1, 0.15) is 50.3 Å². The van der Waals surface area contributed by atoms with Gasteiger partial charge in [0, 0.05) is 12.0 Å². The maximum absolute atomic E-state index is 6.04. The molecule has 2 N–H and O–H groups in total. The lowest BCUT2D eigenvalue weighted by Gasteiger charge is -2.39. The van der Waals surface area contributed by atoms with Crippen LogP contribution in [0.15, 0.2) is 18.2 Å². The highest BCUT2D eigenvalue weighted by molar-refractivity contribution is 5.37. The van der Waals surface area contributed by atoms with E-state index in [1.807, 2.05) is 0 Å². The Balaban J connectivity index is 2.47. The van der Waals surface area contributed by atoms with Crippen molar-refractivity contribution in [2.45, 2.75) is 51.7 Å².